The maximum atomic E-state index is 5.75. The average Bonchev–Trinajstić information content (AvgIpc) is 2.67. The number of rotatable bonds is 4. The first-order valence-corrected chi connectivity index (χ1v) is 6.34. The van der Waals surface area contributed by atoms with E-state index in [1.807, 2.05) is 0 Å². The Kier molecular flexibility index (Phi) is 6.05. The fourth-order valence-corrected chi connectivity index (χ4v) is 2.60. The Morgan fingerprint density at radius 1 is 1.38 bits per heavy atom. The molecule has 0 spiro atoms. The Morgan fingerprint density at radius 2 is 2.12 bits per heavy atom. The quantitative estimate of drug-likeness (QED) is 0.793. The van der Waals surface area contributed by atoms with Crippen LogP contribution in [0.3, 0.4) is 0 Å². The molecule has 2 fully saturated rings. The molecule has 0 radical (unpaired) electrons. The Morgan fingerprint density at radius 3 is 2.75 bits per heavy atom. The topological polar surface area (TPSA) is 33.3 Å². The number of hydrogen-bond acceptors (Lipinski definition) is 3. The maximum absolute atomic E-state index is 5.75. The van der Waals surface area contributed by atoms with Crippen LogP contribution in [0.4, 0.5) is 0 Å². The van der Waals surface area contributed by atoms with Crippen LogP contribution in [0.25, 0.3) is 0 Å². The van der Waals surface area contributed by atoms with Gasteiger partial charge >= 0.3 is 0 Å². The smallest absolute Gasteiger partial charge is 0.0779 e. The van der Waals surface area contributed by atoms with Crippen molar-refractivity contribution in [2.24, 2.45) is 5.92 Å². The standard InChI is InChI=1S/C12H24N2O.ClH/c1-12(5-2-8-15-12)10-14-9-11-3-6-13-7-4-11;/h11,13-14H,2-10H2,1H3;1H. The summed E-state index contributed by atoms with van der Waals surface area (Å²) in [5.74, 6) is 0.872. The summed E-state index contributed by atoms with van der Waals surface area (Å²) in [5, 5.41) is 6.99. The van der Waals surface area contributed by atoms with Gasteiger partial charge in [0.05, 0.1) is 5.60 Å². The second-order valence-corrected chi connectivity index (χ2v) is 5.23. The van der Waals surface area contributed by atoms with Crippen LogP contribution in [0, 0.1) is 5.92 Å². The van der Waals surface area contributed by atoms with Gasteiger partial charge < -0.3 is 15.4 Å². The molecule has 1 unspecified atom stereocenters. The van der Waals surface area contributed by atoms with Gasteiger partial charge in [-0.3, -0.25) is 0 Å². The van der Waals surface area contributed by atoms with Gasteiger partial charge in [0.15, 0.2) is 0 Å². The third-order valence-corrected chi connectivity index (χ3v) is 3.69. The molecule has 2 aliphatic heterocycles. The van der Waals surface area contributed by atoms with Crippen molar-refractivity contribution < 1.29 is 4.74 Å². The molecule has 2 saturated heterocycles. The first-order valence-electron chi connectivity index (χ1n) is 6.34. The zero-order valence-electron chi connectivity index (χ0n) is 10.3. The van der Waals surface area contributed by atoms with Crippen LogP contribution >= 0.6 is 12.4 Å². The fourth-order valence-electron chi connectivity index (χ4n) is 2.60. The summed E-state index contributed by atoms with van der Waals surface area (Å²) in [6.45, 7) is 7.76. The number of hydrogen-bond donors (Lipinski definition) is 2. The van der Waals surface area contributed by atoms with Crippen LogP contribution in [0.5, 0.6) is 0 Å². The van der Waals surface area contributed by atoms with E-state index in [1.165, 1.54) is 45.3 Å². The molecule has 3 nitrogen and oxygen atoms in total. The van der Waals surface area contributed by atoms with E-state index in [0.717, 1.165) is 19.1 Å². The molecule has 16 heavy (non-hydrogen) atoms. The van der Waals surface area contributed by atoms with E-state index in [2.05, 4.69) is 17.6 Å². The Bertz CT molecular complexity index is 189. The highest BCUT2D eigenvalue weighted by atomic mass is 35.5. The van der Waals surface area contributed by atoms with Crippen LogP contribution in [-0.2, 0) is 4.74 Å². The van der Waals surface area contributed by atoms with Crippen molar-refractivity contribution in [2.75, 3.05) is 32.8 Å². The molecule has 96 valence electrons. The lowest BCUT2D eigenvalue weighted by atomic mass is 9.97. The molecule has 0 aliphatic carbocycles. The molecule has 0 aromatic heterocycles. The van der Waals surface area contributed by atoms with E-state index in [0.29, 0.717) is 0 Å². The summed E-state index contributed by atoms with van der Waals surface area (Å²) in [4.78, 5) is 0. The van der Waals surface area contributed by atoms with Crippen molar-refractivity contribution in [3.8, 4) is 0 Å². The highest BCUT2D eigenvalue weighted by Crippen LogP contribution is 2.24. The van der Waals surface area contributed by atoms with Crippen molar-refractivity contribution >= 4 is 12.4 Å². The third-order valence-electron chi connectivity index (χ3n) is 3.69. The molecule has 2 N–H and O–H groups in total. The Hall–Kier alpha value is 0.170. The number of nitrogens with one attached hydrogen (secondary N) is 2. The van der Waals surface area contributed by atoms with E-state index >= 15 is 0 Å². The second-order valence-electron chi connectivity index (χ2n) is 5.23. The third kappa shape index (κ3) is 4.21. The van der Waals surface area contributed by atoms with Crippen LogP contribution < -0.4 is 10.6 Å². The summed E-state index contributed by atoms with van der Waals surface area (Å²) in [6, 6.07) is 0. The normalized spacial score (nSPS) is 31.3. The van der Waals surface area contributed by atoms with E-state index in [-0.39, 0.29) is 18.0 Å². The molecule has 0 bridgehead atoms. The molecular formula is C12H25ClN2O. The van der Waals surface area contributed by atoms with Crippen molar-refractivity contribution in [1.29, 1.82) is 0 Å². The first-order chi connectivity index (χ1) is 7.29. The van der Waals surface area contributed by atoms with Gasteiger partial charge in [0, 0.05) is 13.2 Å². The Balaban J connectivity index is 0.00000128. The first kappa shape index (κ1) is 14.2. The molecule has 2 aliphatic rings. The monoisotopic (exact) mass is 248 g/mol. The molecule has 0 saturated carbocycles. The average molecular weight is 249 g/mol. The van der Waals surface area contributed by atoms with Crippen LogP contribution in [0.1, 0.15) is 32.6 Å². The lowest BCUT2D eigenvalue weighted by Crippen LogP contribution is -2.41. The molecule has 1 atom stereocenters. The van der Waals surface area contributed by atoms with Gasteiger partial charge in [0.1, 0.15) is 0 Å². The van der Waals surface area contributed by atoms with Crippen molar-refractivity contribution in [1.82, 2.24) is 10.6 Å². The minimum atomic E-state index is 0. The highest BCUT2D eigenvalue weighted by molar-refractivity contribution is 5.85. The van der Waals surface area contributed by atoms with Gasteiger partial charge in [0.25, 0.3) is 0 Å². The van der Waals surface area contributed by atoms with Gasteiger partial charge in [-0.05, 0) is 58.2 Å². The lowest BCUT2D eigenvalue weighted by Gasteiger charge is -2.27. The lowest BCUT2D eigenvalue weighted by molar-refractivity contribution is 0.0201. The summed E-state index contributed by atoms with van der Waals surface area (Å²) >= 11 is 0. The SMILES string of the molecule is CC1(CNCC2CCNCC2)CCCO1.Cl. The summed E-state index contributed by atoms with van der Waals surface area (Å²) in [6.07, 6.45) is 5.09. The van der Waals surface area contributed by atoms with Crippen LogP contribution in [0.15, 0.2) is 0 Å². The maximum Gasteiger partial charge on any atom is 0.0779 e. The Labute approximate surface area is 105 Å². The summed E-state index contributed by atoms with van der Waals surface area (Å²) in [7, 11) is 0. The van der Waals surface area contributed by atoms with E-state index in [1.54, 1.807) is 0 Å². The molecule has 0 aromatic carbocycles. The van der Waals surface area contributed by atoms with Crippen LogP contribution in [0.2, 0.25) is 0 Å². The van der Waals surface area contributed by atoms with Crippen LogP contribution in [-0.4, -0.2) is 38.4 Å². The number of piperidine rings is 1. The summed E-state index contributed by atoms with van der Waals surface area (Å²) < 4.78 is 5.75. The van der Waals surface area contributed by atoms with Gasteiger partial charge in [-0.1, -0.05) is 0 Å². The summed E-state index contributed by atoms with van der Waals surface area (Å²) in [5.41, 5.74) is 0.118. The molecule has 0 amide bonds. The highest BCUT2D eigenvalue weighted by Gasteiger charge is 2.29. The van der Waals surface area contributed by atoms with Gasteiger partial charge in [0.2, 0.25) is 0 Å². The van der Waals surface area contributed by atoms with Gasteiger partial charge in [-0.15, -0.1) is 12.4 Å². The van der Waals surface area contributed by atoms with E-state index in [9.17, 15) is 0 Å². The predicted octanol–water partition coefficient (Wildman–Crippen LogP) is 1.57. The number of halogens is 1. The molecule has 2 heterocycles. The molecule has 2 rings (SSSR count). The molecule has 4 heteroatoms. The predicted molar refractivity (Wildman–Crippen MR) is 69.3 cm³/mol. The van der Waals surface area contributed by atoms with Gasteiger partial charge in [-0.25, -0.2) is 0 Å². The zero-order valence-corrected chi connectivity index (χ0v) is 11.1. The minimum absolute atomic E-state index is 0. The number of ether oxygens (including phenoxy) is 1. The minimum Gasteiger partial charge on any atom is -0.374 e. The molecule has 0 aromatic rings. The fraction of sp³-hybridized carbons (Fsp3) is 1.00. The van der Waals surface area contributed by atoms with Crippen molar-refractivity contribution in [3.05, 3.63) is 0 Å². The van der Waals surface area contributed by atoms with Gasteiger partial charge in [-0.2, -0.15) is 0 Å². The second kappa shape index (κ2) is 6.80. The zero-order chi connectivity index (χ0) is 10.6. The van der Waals surface area contributed by atoms with Crippen molar-refractivity contribution in [2.45, 2.75) is 38.2 Å². The van der Waals surface area contributed by atoms with Crippen molar-refractivity contribution in [3.63, 3.8) is 0 Å². The largest absolute Gasteiger partial charge is 0.374 e. The van der Waals surface area contributed by atoms with E-state index in [4.69, 9.17) is 4.74 Å². The van der Waals surface area contributed by atoms with E-state index < -0.39 is 0 Å². The molecular weight excluding hydrogens is 224 g/mol.